The Morgan fingerprint density at radius 2 is 1.86 bits per heavy atom. The summed E-state index contributed by atoms with van der Waals surface area (Å²) in [6.45, 7) is 7.86. The molecule has 0 saturated carbocycles. The van der Waals surface area contributed by atoms with Gasteiger partial charge in [-0.3, -0.25) is 9.69 Å². The normalized spacial score (nSPS) is 29.5. The second-order valence-corrected chi connectivity index (χ2v) is 6.35. The summed E-state index contributed by atoms with van der Waals surface area (Å²) in [6.07, 6.45) is 4.58. The van der Waals surface area contributed by atoms with Crippen LogP contribution in [0, 0.1) is 5.92 Å². The Morgan fingerprint density at radius 3 is 2.55 bits per heavy atom. The fourth-order valence-electron chi connectivity index (χ4n) is 3.61. The van der Waals surface area contributed by atoms with Gasteiger partial charge in [0.15, 0.2) is 0 Å². The second-order valence-electron chi connectivity index (χ2n) is 6.35. The Hall–Kier alpha value is -0.0700. The third-order valence-electron chi connectivity index (χ3n) is 4.83. The first-order valence-electron chi connectivity index (χ1n) is 8.15. The highest BCUT2D eigenvalue weighted by Gasteiger charge is 2.32. The lowest BCUT2D eigenvalue weighted by Crippen LogP contribution is -2.48. The van der Waals surface area contributed by atoms with Crippen LogP contribution in [0.15, 0.2) is 0 Å². The predicted molar refractivity (Wildman–Crippen MR) is 92.1 cm³/mol. The van der Waals surface area contributed by atoms with E-state index < -0.39 is 0 Å². The molecule has 1 amide bonds. The quantitative estimate of drug-likeness (QED) is 0.826. The number of rotatable bonds is 3. The van der Waals surface area contributed by atoms with Crippen molar-refractivity contribution in [1.82, 2.24) is 15.1 Å². The van der Waals surface area contributed by atoms with E-state index >= 15 is 0 Å². The van der Waals surface area contributed by atoms with Crippen LogP contribution in [-0.2, 0) is 9.53 Å². The third-order valence-corrected chi connectivity index (χ3v) is 4.83. The van der Waals surface area contributed by atoms with E-state index in [1.54, 1.807) is 0 Å². The van der Waals surface area contributed by atoms with Crippen molar-refractivity contribution in [3.05, 3.63) is 0 Å². The van der Waals surface area contributed by atoms with Crippen molar-refractivity contribution in [1.29, 1.82) is 0 Å². The number of nitrogens with one attached hydrogen (secondary N) is 1. The van der Waals surface area contributed by atoms with E-state index in [2.05, 4.69) is 15.1 Å². The molecule has 5 nitrogen and oxygen atoms in total. The number of amides is 1. The Bertz CT molecular complexity index is 335. The molecule has 22 heavy (non-hydrogen) atoms. The van der Waals surface area contributed by atoms with Crippen LogP contribution in [0.2, 0.25) is 0 Å². The topological polar surface area (TPSA) is 44.8 Å². The molecule has 3 heterocycles. The zero-order chi connectivity index (χ0) is 13.8. The summed E-state index contributed by atoms with van der Waals surface area (Å²) in [7, 11) is 0. The fourth-order valence-corrected chi connectivity index (χ4v) is 3.61. The average molecular weight is 354 g/mol. The number of hydrogen-bond acceptors (Lipinski definition) is 4. The van der Waals surface area contributed by atoms with Crippen LogP contribution in [0.4, 0.5) is 0 Å². The second kappa shape index (κ2) is 9.93. The largest absolute Gasteiger partial charge is 0.379 e. The first kappa shape index (κ1) is 20.0. The zero-order valence-electron chi connectivity index (χ0n) is 13.2. The molecule has 3 fully saturated rings. The number of ether oxygens (including phenoxy) is 1. The summed E-state index contributed by atoms with van der Waals surface area (Å²) < 4.78 is 5.39. The molecular weight excluding hydrogens is 325 g/mol. The van der Waals surface area contributed by atoms with E-state index in [1.165, 1.54) is 12.8 Å². The molecule has 7 heteroatoms. The van der Waals surface area contributed by atoms with Crippen molar-refractivity contribution < 1.29 is 9.53 Å². The molecular formula is C15H29Cl2N3O2. The first-order valence-corrected chi connectivity index (χ1v) is 8.15. The van der Waals surface area contributed by atoms with Gasteiger partial charge in [0.25, 0.3) is 0 Å². The fraction of sp³-hybridized carbons (Fsp3) is 0.933. The van der Waals surface area contributed by atoms with Gasteiger partial charge in [0.2, 0.25) is 5.91 Å². The van der Waals surface area contributed by atoms with Crippen LogP contribution in [0.5, 0.6) is 0 Å². The molecule has 130 valence electrons. The summed E-state index contributed by atoms with van der Waals surface area (Å²) in [5.41, 5.74) is 0. The Morgan fingerprint density at radius 1 is 1.09 bits per heavy atom. The van der Waals surface area contributed by atoms with E-state index in [1.807, 2.05) is 0 Å². The standard InChI is InChI=1S/C15H27N3O2.2ClH/c19-15(14-3-1-2-5-16-14)18-6-4-13(12-18)11-17-7-9-20-10-8-17;;/h13-14,16H,1-12H2;2*1H/t13?,14-;;/m1../s1. The van der Waals surface area contributed by atoms with Gasteiger partial charge in [0.1, 0.15) is 0 Å². The van der Waals surface area contributed by atoms with Crippen LogP contribution >= 0.6 is 24.8 Å². The number of carbonyl (C=O) groups excluding carboxylic acids is 1. The number of nitrogens with zero attached hydrogens (tertiary/aromatic N) is 2. The summed E-state index contributed by atoms with van der Waals surface area (Å²) in [5.74, 6) is 0.995. The zero-order valence-corrected chi connectivity index (χ0v) is 14.8. The first-order chi connectivity index (χ1) is 9.83. The van der Waals surface area contributed by atoms with Crippen LogP contribution in [0.25, 0.3) is 0 Å². The Kier molecular flexibility index (Phi) is 9.02. The van der Waals surface area contributed by atoms with E-state index in [9.17, 15) is 4.79 Å². The minimum Gasteiger partial charge on any atom is -0.379 e. The predicted octanol–water partition coefficient (Wildman–Crippen LogP) is 1.15. The molecule has 2 atom stereocenters. The summed E-state index contributed by atoms with van der Waals surface area (Å²) >= 11 is 0. The highest BCUT2D eigenvalue weighted by atomic mass is 35.5. The van der Waals surface area contributed by atoms with Crippen molar-refractivity contribution in [3.63, 3.8) is 0 Å². The van der Waals surface area contributed by atoms with Crippen LogP contribution in [0.3, 0.4) is 0 Å². The molecule has 1 unspecified atom stereocenters. The SMILES string of the molecule is Cl.Cl.O=C([C@H]1CCCCN1)N1CCC(CN2CCOCC2)C1. The maximum Gasteiger partial charge on any atom is 0.239 e. The smallest absolute Gasteiger partial charge is 0.239 e. The van der Waals surface area contributed by atoms with E-state index in [4.69, 9.17) is 4.74 Å². The van der Waals surface area contributed by atoms with Crippen LogP contribution in [-0.4, -0.2) is 74.2 Å². The van der Waals surface area contributed by atoms with Gasteiger partial charge in [-0.25, -0.2) is 0 Å². The number of carbonyl (C=O) groups is 1. The summed E-state index contributed by atoms with van der Waals surface area (Å²) in [4.78, 5) is 17.0. The van der Waals surface area contributed by atoms with E-state index in [0.717, 1.165) is 65.3 Å². The van der Waals surface area contributed by atoms with Gasteiger partial charge in [0, 0.05) is 32.7 Å². The van der Waals surface area contributed by atoms with Crippen molar-refractivity contribution in [3.8, 4) is 0 Å². The molecule has 0 aromatic rings. The monoisotopic (exact) mass is 353 g/mol. The van der Waals surface area contributed by atoms with Crippen molar-refractivity contribution in [2.75, 3.05) is 52.5 Å². The Labute approximate surface area is 145 Å². The minimum atomic E-state index is 0. The van der Waals surface area contributed by atoms with Crippen LogP contribution < -0.4 is 5.32 Å². The van der Waals surface area contributed by atoms with Gasteiger partial charge in [-0.05, 0) is 31.7 Å². The number of morpholine rings is 1. The van der Waals surface area contributed by atoms with E-state index in [-0.39, 0.29) is 30.9 Å². The minimum absolute atomic E-state index is 0. The molecule has 3 rings (SSSR count). The maximum atomic E-state index is 12.5. The number of piperidine rings is 1. The lowest BCUT2D eigenvalue weighted by atomic mass is 10.0. The molecule has 0 aromatic heterocycles. The highest BCUT2D eigenvalue weighted by Crippen LogP contribution is 2.20. The molecule has 0 aliphatic carbocycles. The van der Waals surface area contributed by atoms with Gasteiger partial charge in [0.05, 0.1) is 19.3 Å². The van der Waals surface area contributed by atoms with Crippen molar-refractivity contribution in [2.24, 2.45) is 5.92 Å². The molecule has 0 spiro atoms. The van der Waals surface area contributed by atoms with Crippen molar-refractivity contribution in [2.45, 2.75) is 31.7 Å². The van der Waals surface area contributed by atoms with E-state index in [0.29, 0.717) is 11.8 Å². The summed E-state index contributed by atoms with van der Waals surface area (Å²) in [5, 5.41) is 3.37. The lowest BCUT2D eigenvalue weighted by Gasteiger charge is -2.30. The molecule has 1 N–H and O–H groups in total. The highest BCUT2D eigenvalue weighted by molar-refractivity contribution is 5.85. The number of likely N-dealkylation sites (tertiary alicyclic amines) is 1. The average Bonchev–Trinajstić information content (AvgIpc) is 2.97. The molecule has 0 bridgehead atoms. The van der Waals surface area contributed by atoms with Crippen LogP contribution in [0.1, 0.15) is 25.7 Å². The molecule has 3 aliphatic rings. The van der Waals surface area contributed by atoms with Gasteiger partial charge in [-0.1, -0.05) is 6.42 Å². The lowest BCUT2D eigenvalue weighted by molar-refractivity contribution is -0.133. The van der Waals surface area contributed by atoms with Crippen molar-refractivity contribution >= 4 is 30.7 Å². The van der Waals surface area contributed by atoms with Gasteiger partial charge < -0.3 is 15.0 Å². The molecule has 3 saturated heterocycles. The molecule has 0 radical (unpaired) electrons. The molecule has 0 aromatic carbocycles. The number of halogens is 2. The summed E-state index contributed by atoms with van der Waals surface area (Å²) in [6, 6.07) is 0.0888. The van der Waals surface area contributed by atoms with Gasteiger partial charge >= 0.3 is 0 Å². The van der Waals surface area contributed by atoms with Gasteiger partial charge in [-0.15, -0.1) is 24.8 Å². The Balaban J connectivity index is 0.00000121. The third kappa shape index (κ3) is 5.24. The number of hydrogen-bond donors (Lipinski definition) is 1. The maximum absolute atomic E-state index is 12.5. The van der Waals surface area contributed by atoms with Gasteiger partial charge in [-0.2, -0.15) is 0 Å². The molecule has 3 aliphatic heterocycles.